The number of carbonyl (C=O) groups is 1. The summed E-state index contributed by atoms with van der Waals surface area (Å²) < 4.78 is 4.69. The van der Waals surface area contributed by atoms with Crippen LogP contribution in [0.25, 0.3) is 0 Å². The first-order chi connectivity index (χ1) is 12.0. The number of nitrogens with one attached hydrogen (secondary N) is 2. The second-order valence-electron chi connectivity index (χ2n) is 5.79. The molecule has 1 heterocycles. The third-order valence-electron chi connectivity index (χ3n) is 3.63. The number of rotatable bonds is 6. The molecule has 0 unspecified atom stereocenters. The van der Waals surface area contributed by atoms with Gasteiger partial charge < -0.3 is 15.4 Å². The number of benzene rings is 1. The van der Waals surface area contributed by atoms with Gasteiger partial charge in [-0.15, -0.1) is 11.3 Å². The Balaban J connectivity index is 1.84. The van der Waals surface area contributed by atoms with E-state index in [-0.39, 0.29) is 5.97 Å². The van der Waals surface area contributed by atoms with E-state index in [1.165, 1.54) is 7.11 Å². The molecule has 0 atom stereocenters. The summed E-state index contributed by atoms with van der Waals surface area (Å²) >= 11 is 1.65. The number of hydrogen-bond donors (Lipinski definition) is 2. The molecule has 1 aromatic heterocycles. The monoisotopic (exact) mass is 360 g/mol. The molecule has 0 amide bonds. The molecule has 0 aliphatic carbocycles. The Labute approximate surface area is 152 Å². The SMILES string of the molecule is CN=C(NCc1ccc(C(=O)OC)cc1)NCc1nc(C(C)C)cs1. The van der Waals surface area contributed by atoms with Crippen molar-refractivity contribution in [2.75, 3.05) is 14.2 Å². The minimum absolute atomic E-state index is 0.332. The molecular formula is C18H24N4O2S. The Morgan fingerprint density at radius 3 is 2.48 bits per heavy atom. The predicted molar refractivity (Wildman–Crippen MR) is 101 cm³/mol. The molecule has 0 bridgehead atoms. The number of thiazole rings is 1. The normalized spacial score (nSPS) is 11.5. The number of guanidine groups is 1. The van der Waals surface area contributed by atoms with Crippen LogP contribution in [0.15, 0.2) is 34.6 Å². The standard InChI is InChI=1S/C18H24N4O2S/c1-12(2)15-11-25-16(22-15)10-21-18(19-3)20-9-13-5-7-14(8-6-13)17(23)24-4/h5-8,11-12H,9-10H2,1-4H3,(H2,19,20,21). The average molecular weight is 360 g/mol. The number of hydrogen-bond acceptors (Lipinski definition) is 5. The molecule has 0 aliphatic rings. The fourth-order valence-electron chi connectivity index (χ4n) is 2.11. The predicted octanol–water partition coefficient (Wildman–Crippen LogP) is 2.92. The van der Waals surface area contributed by atoms with Crippen molar-refractivity contribution in [2.24, 2.45) is 4.99 Å². The van der Waals surface area contributed by atoms with Gasteiger partial charge in [-0.2, -0.15) is 0 Å². The van der Waals surface area contributed by atoms with Gasteiger partial charge in [0.1, 0.15) is 5.01 Å². The lowest BCUT2D eigenvalue weighted by Crippen LogP contribution is -2.36. The van der Waals surface area contributed by atoms with Crippen LogP contribution in [0.4, 0.5) is 0 Å². The number of aliphatic imine (C=N–C) groups is 1. The molecule has 6 nitrogen and oxygen atoms in total. The number of carbonyl (C=O) groups excluding carboxylic acids is 1. The van der Waals surface area contributed by atoms with E-state index in [1.807, 2.05) is 12.1 Å². The van der Waals surface area contributed by atoms with Gasteiger partial charge in [0, 0.05) is 19.0 Å². The average Bonchev–Trinajstić information content (AvgIpc) is 3.11. The number of nitrogens with zero attached hydrogens (tertiary/aromatic N) is 2. The van der Waals surface area contributed by atoms with Crippen LogP contribution in [0.5, 0.6) is 0 Å². The molecule has 25 heavy (non-hydrogen) atoms. The van der Waals surface area contributed by atoms with Gasteiger partial charge in [-0.25, -0.2) is 9.78 Å². The van der Waals surface area contributed by atoms with E-state index >= 15 is 0 Å². The lowest BCUT2D eigenvalue weighted by Gasteiger charge is -2.11. The summed E-state index contributed by atoms with van der Waals surface area (Å²) in [5, 5.41) is 9.64. The topological polar surface area (TPSA) is 75.6 Å². The van der Waals surface area contributed by atoms with E-state index in [0.717, 1.165) is 16.3 Å². The molecule has 2 aromatic rings. The Morgan fingerprint density at radius 2 is 1.92 bits per heavy atom. The molecule has 2 rings (SSSR count). The van der Waals surface area contributed by atoms with Crippen molar-refractivity contribution < 1.29 is 9.53 Å². The van der Waals surface area contributed by atoms with Crippen molar-refractivity contribution in [2.45, 2.75) is 32.9 Å². The van der Waals surface area contributed by atoms with Crippen molar-refractivity contribution in [3.63, 3.8) is 0 Å². The smallest absolute Gasteiger partial charge is 0.337 e. The minimum atomic E-state index is -0.332. The number of esters is 1. The van der Waals surface area contributed by atoms with Crippen LogP contribution in [0.2, 0.25) is 0 Å². The summed E-state index contributed by atoms with van der Waals surface area (Å²) in [6.07, 6.45) is 0. The van der Waals surface area contributed by atoms with Gasteiger partial charge >= 0.3 is 5.97 Å². The van der Waals surface area contributed by atoms with Crippen molar-refractivity contribution in [1.29, 1.82) is 0 Å². The highest BCUT2D eigenvalue weighted by Gasteiger charge is 2.07. The fourth-order valence-corrected chi connectivity index (χ4v) is 3.01. The molecule has 1 aromatic carbocycles. The summed E-state index contributed by atoms with van der Waals surface area (Å²) in [6, 6.07) is 7.29. The van der Waals surface area contributed by atoms with Gasteiger partial charge in [-0.3, -0.25) is 4.99 Å². The molecule has 0 saturated heterocycles. The van der Waals surface area contributed by atoms with Crippen LogP contribution in [-0.4, -0.2) is 31.1 Å². The summed E-state index contributed by atoms with van der Waals surface area (Å²) in [4.78, 5) is 20.2. The Hall–Kier alpha value is -2.41. The van der Waals surface area contributed by atoms with Gasteiger partial charge in [0.05, 0.1) is 24.9 Å². The highest BCUT2D eigenvalue weighted by molar-refractivity contribution is 7.09. The Kier molecular flexibility index (Phi) is 6.94. The van der Waals surface area contributed by atoms with Crippen LogP contribution in [0.1, 0.15) is 46.4 Å². The maximum Gasteiger partial charge on any atom is 0.337 e. The lowest BCUT2D eigenvalue weighted by atomic mass is 10.1. The quantitative estimate of drug-likeness (QED) is 0.471. The first-order valence-corrected chi connectivity index (χ1v) is 8.97. The van der Waals surface area contributed by atoms with Crippen molar-refractivity contribution in [1.82, 2.24) is 15.6 Å². The molecule has 7 heteroatoms. The lowest BCUT2D eigenvalue weighted by molar-refractivity contribution is 0.0600. The Bertz CT molecular complexity index is 723. The molecule has 134 valence electrons. The molecule has 0 aliphatic heterocycles. The largest absolute Gasteiger partial charge is 0.465 e. The van der Waals surface area contributed by atoms with Gasteiger partial charge in [-0.05, 0) is 23.6 Å². The molecule has 0 radical (unpaired) electrons. The first kappa shape index (κ1) is 18.9. The van der Waals surface area contributed by atoms with E-state index in [9.17, 15) is 4.79 Å². The van der Waals surface area contributed by atoms with Crippen LogP contribution >= 0.6 is 11.3 Å². The van der Waals surface area contributed by atoms with Crippen molar-refractivity contribution in [3.8, 4) is 0 Å². The molecule has 0 fully saturated rings. The van der Waals surface area contributed by atoms with E-state index in [2.05, 4.69) is 39.8 Å². The molecule has 0 spiro atoms. The van der Waals surface area contributed by atoms with E-state index < -0.39 is 0 Å². The second-order valence-corrected chi connectivity index (χ2v) is 6.73. The summed E-state index contributed by atoms with van der Waals surface area (Å²) in [7, 11) is 3.11. The van der Waals surface area contributed by atoms with Crippen LogP contribution in [-0.2, 0) is 17.8 Å². The first-order valence-electron chi connectivity index (χ1n) is 8.09. The van der Waals surface area contributed by atoms with Crippen molar-refractivity contribution >= 4 is 23.3 Å². The zero-order valence-electron chi connectivity index (χ0n) is 15.0. The second kappa shape index (κ2) is 9.17. The molecule has 0 saturated carbocycles. The summed E-state index contributed by atoms with van der Waals surface area (Å²) in [5.74, 6) is 0.815. The minimum Gasteiger partial charge on any atom is -0.465 e. The summed E-state index contributed by atoms with van der Waals surface area (Å²) in [5.41, 5.74) is 2.71. The van der Waals surface area contributed by atoms with Gasteiger partial charge in [0.25, 0.3) is 0 Å². The highest BCUT2D eigenvalue weighted by Crippen LogP contribution is 2.17. The third kappa shape index (κ3) is 5.56. The maximum atomic E-state index is 11.4. The maximum absolute atomic E-state index is 11.4. The third-order valence-corrected chi connectivity index (χ3v) is 4.49. The van der Waals surface area contributed by atoms with Crippen LogP contribution in [0.3, 0.4) is 0 Å². The zero-order valence-corrected chi connectivity index (χ0v) is 15.8. The Morgan fingerprint density at radius 1 is 1.24 bits per heavy atom. The highest BCUT2D eigenvalue weighted by atomic mass is 32.1. The molecule has 2 N–H and O–H groups in total. The number of aromatic nitrogens is 1. The summed E-state index contributed by atoms with van der Waals surface area (Å²) in [6.45, 7) is 5.52. The van der Waals surface area contributed by atoms with Gasteiger partial charge in [0.15, 0.2) is 5.96 Å². The van der Waals surface area contributed by atoms with E-state index in [1.54, 1.807) is 30.5 Å². The zero-order chi connectivity index (χ0) is 18.2. The van der Waals surface area contributed by atoms with E-state index in [4.69, 9.17) is 4.74 Å². The van der Waals surface area contributed by atoms with Crippen molar-refractivity contribution in [3.05, 3.63) is 51.5 Å². The van der Waals surface area contributed by atoms with Crippen LogP contribution < -0.4 is 10.6 Å². The van der Waals surface area contributed by atoms with Gasteiger partial charge in [0.2, 0.25) is 0 Å². The fraction of sp³-hybridized carbons (Fsp3) is 0.389. The number of ether oxygens (including phenoxy) is 1. The van der Waals surface area contributed by atoms with Gasteiger partial charge in [-0.1, -0.05) is 26.0 Å². The molecular weight excluding hydrogens is 336 g/mol. The van der Waals surface area contributed by atoms with E-state index in [0.29, 0.717) is 30.5 Å². The van der Waals surface area contributed by atoms with Crippen LogP contribution in [0, 0.1) is 0 Å². The number of methoxy groups -OCH3 is 1.